The number of carbonyl (C=O) groups is 1. The number of nitrogens with zero attached hydrogens (tertiary/aromatic N) is 2. The molecule has 0 unspecified atom stereocenters. The van der Waals surface area contributed by atoms with Crippen LogP contribution in [0.25, 0.3) is 0 Å². The number of rotatable bonds is 5. The Morgan fingerprint density at radius 2 is 2.00 bits per heavy atom. The van der Waals surface area contributed by atoms with Gasteiger partial charge in [0.05, 0.1) is 6.10 Å². The molecule has 106 valence electrons. The third kappa shape index (κ3) is 3.60. The molecule has 1 aromatic heterocycles. The van der Waals surface area contributed by atoms with Gasteiger partial charge in [0.2, 0.25) is 0 Å². The van der Waals surface area contributed by atoms with Crippen LogP contribution in [0.3, 0.4) is 0 Å². The summed E-state index contributed by atoms with van der Waals surface area (Å²) in [6, 6.07) is 8.84. The standard InChI is InChI=1S/C15H19N3O2/c1-4-18-10-9-14(17-18)16-15(19)12-5-7-13(8-6-12)20-11(2)3/h5-11H,4H2,1-3H3,(H,16,17,19). The predicted molar refractivity (Wildman–Crippen MR) is 78.1 cm³/mol. The lowest BCUT2D eigenvalue weighted by Crippen LogP contribution is -2.13. The SMILES string of the molecule is CCn1ccc(NC(=O)c2ccc(OC(C)C)cc2)n1. The van der Waals surface area contributed by atoms with E-state index in [0.29, 0.717) is 11.4 Å². The number of benzene rings is 1. The number of carbonyl (C=O) groups excluding carboxylic acids is 1. The maximum atomic E-state index is 12.0. The van der Waals surface area contributed by atoms with Gasteiger partial charge in [-0.2, -0.15) is 5.10 Å². The van der Waals surface area contributed by atoms with Gasteiger partial charge in [0, 0.05) is 24.4 Å². The first-order valence-electron chi connectivity index (χ1n) is 6.70. The summed E-state index contributed by atoms with van der Waals surface area (Å²) >= 11 is 0. The highest BCUT2D eigenvalue weighted by Gasteiger charge is 2.08. The van der Waals surface area contributed by atoms with Crippen molar-refractivity contribution in [2.45, 2.75) is 33.4 Å². The first-order chi connectivity index (χ1) is 9.58. The van der Waals surface area contributed by atoms with E-state index in [9.17, 15) is 4.79 Å². The van der Waals surface area contributed by atoms with E-state index in [1.165, 1.54) is 0 Å². The summed E-state index contributed by atoms with van der Waals surface area (Å²) < 4.78 is 7.30. The highest BCUT2D eigenvalue weighted by molar-refractivity contribution is 6.03. The normalized spacial score (nSPS) is 10.6. The highest BCUT2D eigenvalue weighted by atomic mass is 16.5. The summed E-state index contributed by atoms with van der Waals surface area (Å²) in [4.78, 5) is 12.0. The van der Waals surface area contributed by atoms with Crippen LogP contribution in [-0.2, 0) is 6.54 Å². The van der Waals surface area contributed by atoms with E-state index in [1.54, 1.807) is 35.0 Å². The Morgan fingerprint density at radius 3 is 2.55 bits per heavy atom. The molecule has 0 saturated heterocycles. The van der Waals surface area contributed by atoms with Gasteiger partial charge in [-0.3, -0.25) is 9.48 Å². The number of anilines is 1. The fourth-order valence-corrected chi connectivity index (χ4v) is 1.75. The van der Waals surface area contributed by atoms with Crippen LogP contribution in [0.1, 0.15) is 31.1 Å². The summed E-state index contributed by atoms with van der Waals surface area (Å²) in [6.07, 6.45) is 1.95. The van der Waals surface area contributed by atoms with E-state index in [0.717, 1.165) is 12.3 Å². The molecule has 0 aliphatic heterocycles. The fourth-order valence-electron chi connectivity index (χ4n) is 1.75. The molecule has 1 heterocycles. The molecule has 0 fully saturated rings. The van der Waals surface area contributed by atoms with E-state index in [4.69, 9.17) is 4.74 Å². The Bertz CT molecular complexity index is 573. The fraction of sp³-hybridized carbons (Fsp3) is 0.333. The van der Waals surface area contributed by atoms with Crippen molar-refractivity contribution in [1.29, 1.82) is 0 Å². The molecule has 1 aromatic carbocycles. The second-order valence-electron chi connectivity index (χ2n) is 4.70. The third-order valence-electron chi connectivity index (χ3n) is 2.69. The summed E-state index contributed by atoms with van der Waals surface area (Å²) in [7, 11) is 0. The van der Waals surface area contributed by atoms with Crippen molar-refractivity contribution in [3.8, 4) is 5.75 Å². The average molecular weight is 273 g/mol. The van der Waals surface area contributed by atoms with E-state index in [2.05, 4.69) is 10.4 Å². The van der Waals surface area contributed by atoms with Gasteiger partial charge in [-0.05, 0) is 45.0 Å². The minimum absolute atomic E-state index is 0.118. The maximum Gasteiger partial charge on any atom is 0.256 e. The van der Waals surface area contributed by atoms with Gasteiger partial charge in [0.15, 0.2) is 5.82 Å². The first kappa shape index (κ1) is 14.1. The zero-order valence-electron chi connectivity index (χ0n) is 12.0. The number of hydrogen-bond acceptors (Lipinski definition) is 3. The minimum atomic E-state index is -0.178. The maximum absolute atomic E-state index is 12.0. The molecular weight excluding hydrogens is 254 g/mol. The van der Waals surface area contributed by atoms with E-state index >= 15 is 0 Å². The van der Waals surface area contributed by atoms with Gasteiger partial charge < -0.3 is 10.1 Å². The Morgan fingerprint density at radius 1 is 1.30 bits per heavy atom. The number of hydrogen-bond donors (Lipinski definition) is 1. The lowest BCUT2D eigenvalue weighted by molar-refractivity contribution is 0.102. The molecule has 1 amide bonds. The summed E-state index contributed by atoms with van der Waals surface area (Å²) in [5.74, 6) is 1.13. The smallest absolute Gasteiger partial charge is 0.256 e. The number of aromatic nitrogens is 2. The number of ether oxygens (including phenoxy) is 1. The quantitative estimate of drug-likeness (QED) is 0.911. The van der Waals surface area contributed by atoms with Gasteiger partial charge in [0.1, 0.15) is 5.75 Å². The molecule has 0 radical (unpaired) electrons. The van der Waals surface area contributed by atoms with Crippen molar-refractivity contribution in [3.63, 3.8) is 0 Å². The van der Waals surface area contributed by atoms with Crippen molar-refractivity contribution in [2.24, 2.45) is 0 Å². The van der Waals surface area contributed by atoms with Gasteiger partial charge >= 0.3 is 0 Å². The largest absolute Gasteiger partial charge is 0.491 e. The first-order valence-corrected chi connectivity index (χ1v) is 6.70. The lowest BCUT2D eigenvalue weighted by atomic mass is 10.2. The van der Waals surface area contributed by atoms with E-state index in [-0.39, 0.29) is 12.0 Å². The molecule has 5 heteroatoms. The van der Waals surface area contributed by atoms with Gasteiger partial charge in [0.25, 0.3) is 5.91 Å². The molecule has 5 nitrogen and oxygen atoms in total. The molecule has 0 spiro atoms. The van der Waals surface area contributed by atoms with Crippen LogP contribution in [0.2, 0.25) is 0 Å². The minimum Gasteiger partial charge on any atom is -0.491 e. The monoisotopic (exact) mass is 273 g/mol. The predicted octanol–water partition coefficient (Wildman–Crippen LogP) is 2.94. The molecule has 0 bridgehead atoms. The van der Waals surface area contributed by atoms with Crippen LogP contribution in [0, 0.1) is 0 Å². The summed E-state index contributed by atoms with van der Waals surface area (Å²) in [6.45, 7) is 6.69. The zero-order chi connectivity index (χ0) is 14.5. The molecule has 0 aliphatic carbocycles. The molecule has 1 N–H and O–H groups in total. The topological polar surface area (TPSA) is 56.2 Å². The number of amides is 1. The third-order valence-corrected chi connectivity index (χ3v) is 2.69. The Kier molecular flexibility index (Phi) is 4.40. The summed E-state index contributed by atoms with van der Waals surface area (Å²) in [5, 5.41) is 6.97. The molecule has 0 saturated carbocycles. The van der Waals surface area contributed by atoms with E-state index < -0.39 is 0 Å². The van der Waals surface area contributed by atoms with Crippen LogP contribution >= 0.6 is 0 Å². The lowest BCUT2D eigenvalue weighted by Gasteiger charge is -2.09. The molecular formula is C15H19N3O2. The van der Waals surface area contributed by atoms with Crippen molar-refractivity contribution in [3.05, 3.63) is 42.1 Å². The Labute approximate surface area is 118 Å². The molecule has 2 rings (SSSR count). The number of aryl methyl sites for hydroxylation is 1. The average Bonchev–Trinajstić information content (AvgIpc) is 2.86. The Hall–Kier alpha value is -2.30. The van der Waals surface area contributed by atoms with Crippen LogP contribution in [0.5, 0.6) is 5.75 Å². The molecule has 2 aromatic rings. The van der Waals surface area contributed by atoms with Gasteiger partial charge in [-0.15, -0.1) is 0 Å². The molecule has 20 heavy (non-hydrogen) atoms. The van der Waals surface area contributed by atoms with Crippen molar-refractivity contribution in [2.75, 3.05) is 5.32 Å². The zero-order valence-corrected chi connectivity index (χ0v) is 12.0. The van der Waals surface area contributed by atoms with Crippen LogP contribution in [-0.4, -0.2) is 21.8 Å². The molecule has 0 atom stereocenters. The highest BCUT2D eigenvalue weighted by Crippen LogP contribution is 2.15. The second-order valence-corrected chi connectivity index (χ2v) is 4.70. The Balaban J connectivity index is 2.01. The molecule has 0 aliphatic rings. The summed E-state index contributed by atoms with van der Waals surface area (Å²) in [5.41, 5.74) is 0.576. The second kappa shape index (κ2) is 6.23. The number of nitrogens with one attached hydrogen (secondary N) is 1. The van der Waals surface area contributed by atoms with Crippen molar-refractivity contribution >= 4 is 11.7 Å². The van der Waals surface area contributed by atoms with Crippen molar-refractivity contribution in [1.82, 2.24) is 9.78 Å². The van der Waals surface area contributed by atoms with E-state index in [1.807, 2.05) is 27.0 Å². The van der Waals surface area contributed by atoms with Gasteiger partial charge in [-0.1, -0.05) is 0 Å². The van der Waals surface area contributed by atoms with Crippen LogP contribution in [0.4, 0.5) is 5.82 Å². The van der Waals surface area contributed by atoms with Crippen LogP contribution in [0.15, 0.2) is 36.5 Å². The van der Waals surface area contributed by atoms with Gasteiger partial charge in [-0.25, -0.2) is 0 Å². The van der Waals surface area contributed by atoms with Crippen molar-refractivity contribution < 1.29 is 9.53 Å². The van der Waals surface area contributed by atoms with Crippen LogP contribution < -0.4 is 10.1 Å².